The third-order valence-electron chi connectivity index (χ3n) is 0.438. The predicted octanol–water partition coefficient (Wildman–Crippen LogP) is 1.67. The molecular formula is C3H6BrClOS. The van der Waals surface area contributed by atoms with Crippen LogP contribution in [0.3, 0.4) is 0 Å². The Kier molecular flexibility index (Phi) is 5.73. The maximum atomic E-state index is 10.1. The van der Waals surface area contributed by atoms with E-state index in [1.807, 2.05) is 0 Å². The molecule has 1 nitrogen and oxygen atoms in total. The molecule has 1 unspecified atom stereocenters. The third kappa shape index (κ3) is 6.92. The molecule has 0 aromatic heterocycles. The van der Waals surface area contributed by atoms with E-state index < -0.39 is 10.0 Å². The molecule has 0 radical (unpaired) electrons. The first kappa shape index (κ1) is 7.92. The van der Waals surface area contributed by atoms with E-state index in [1.165, 1.54) is 0 Å². The van der Waals surface area contributed by atoms with Crippen LogP contribution in [0.1, 0.15) is 6.42 Å². The molecule has 0 aliphatic carbocycles. The Morgan fingerprint density at radius 3 is 2.43 bits per heavy atom. The Bertz CT molecular complexity index is 68.0. The second kappa shape index (κ2) is 5.06. The van der Waals surface area contributed by atoms with Gasteiger partial charge < -0.3 is 0 Å². The molecule has 0 N–H and O–H groups in total. The van der Waals surface area contributed by atoms with Crippen molar-refractivity contribution in [2.75, 3.05) is 11.1 Å². The standard InChI is InChI=1S/C3H6BrClOS/c4-2-1-3-7(5)6/h1-3H2. The van der Waals surface area contributed by atoms with Crippen molar-refractivity contribution < 1.29 is 4.21 Å². The molecular weight excluding hydrogens is 199 g/mol. The Morgan fingerprint density at radius 2 is 2.29 bits per heavy atom. The minimum absolute atomic E-state index is 0.590. The van der Waals surface area contributed by atoms with Gasteiger partial charge in [-0.15, -0.1) is 0 Å². The predicted molar refractivity (Wildman–Crippen MR) is 37.3 cm³/mol. The Morgan fingerprint density at radius 1 is 1.71 bits per heavy atom. The van der Waals surface area contributed by atoms with E-state index in [0.717, 1.165) is 11.8 Å². The van der Waals surface area contributed by atoms with Crippen LogP contribution in [0.5, 0.6) is 0 Å². The van der Waals surface area contributed by atoms with Gasteiger partial charge in [0.25, 0.3) is 0 Å². The molecule has 0 rings (SSSR count). The smallest absolute Gasteiger partial charge is 0.114 e. The molecule has 0 aromatic rings. The van der Waals surface area contributed by atoms with Crippen LogP contribution in [0.25, 0.3) is 0 Å². The van der Waals surface area contributed by atoms with Crippen LogP contribution < -0.4 is 0 Å². The monoisotopic (exact) mass is 204 g/mol. The van der Waals surface area contributed by atoms with Crippen LogP contribution in [-0.4, -0.2) is 15.3 Å². The molecule has 0 fully saturated rings. The summed E-state index contributed by atoms with van der Waals surface area (Å²) in [6.07, 6.45) is 0.885. The summed E-state index contributed by atoms with van der Waals surface area (Å²) in [6, 6.07) is 0. The van der Waals surface area contributed by atoms with Crippen molar-refractivity contribution in [3.63, 3.8) is 0 Å². The van der Waals surface area contributed by atoms with E-state index in [1.54, 1.807) is 0 Å². The second-order valence-corrected chi connectivity index (χ2v) is 3.85. The van der Waals surface area contributed by atoms with Gasteiger partial charge in [-0.3, -0.25) is 0 Å². The second-order valence-electron chi connectivity index (χ2n) is 1.04. The van der Waals surface area contributed by atoms with E-state index in [9.17, 15) is 4.21 Å². The van der Waals surface area contributed by atoms with E-state index in [0.29, 0.717) is 5.75 Å². The molecule has 1 atom stereocenters. The first-order valence-corrected chi connectivity index (χ1v) is 5.14. The lowest BCUT2D eigenvalue weighted by Gasteiger charge is -1.84. The topological polar surface area (TPSA) is 17.1 Å². The van der Waals surface area contributed by atoms with Crippen LogP contribution in [0.15, 0.2) is 0 Å². The summed E-state index contributed by atoms with van der Waals surface area (Å²) in [5, 5.41) is 0.880. The van der Waals surface area contributed by atoms with Gasteiger partial charge >= 0.3 is 0 Å². The Labute approximate surface area is 58.5 Å². The molecule has 0 aliphatic heterocycles. The van der Waals surface area contributed by atoms with Crippen molar-refractivity contribution in [2.24, 2.45) is 0 Å². The molecule has 0 bridgehead atoms. The lowest BCUT2D eigenvalue weighted by Crippen LogP contribution is -1.87. The highest BCUT2D eigenvalue weighted by atomic mass is 79.9. The van der Waals surface area contributed by atoms with Gasteiger partial charge in [0.05, 0.1) is 0 Å². The van der Waals surface area contributed by atoms with Crippen molar-refractivity contribution in [3.8, 4) is 0 Å². The first-order chi connectivity index (χ1) is 3.27. The molecule has 0 aromatic carbocycles. The zero-order valence-corrected chi connectivity index (χ0v) is 6.85. The summed E-state index contributed by atoms with van der Waals surface area (Å²) in [5.74, 6) is 0.590. The normalized spacial score (nSPS) is 14.0. The molecule has 0 amide bonds. The first-order valence-electron chi connectivity index (χ1n) is 1.88. The summed E-state index contributed by atoms with van der Waals surface area (Å²) in [5.41, 5.74) is 0. The van der Waals surface area contributed by atoms with Crippen LogP contribution in [0, 0.1) is 0 Å². The van der Waals surface area contributed by atoms with Crippen LogP contribution in [0.2, 0.25) is 0 Å². The van der Waals surface area contributed by atoms with E-state index in [-0.39, 0.29) is 0 Å². The van der Waals surface area contributed by atoms with Gasteiger partial charge in [-0.05, 0) is 17.1 Å². The quantitative estimate of drug-likeness (QED) is 0.506. The zero-order valence-electron chi connectivity index (χ0n) is 3.69. The molecule has 0 aliphatic rings. The van der Waals surface area contributed by atoms with Gasteiger partial charge in [0.15, 0.2) is 0 Å². The van der Waals surface area contributed by atoms with Crippen LogP contribution >= 0.6 is 26.6 Å². The summed E-state index contributed by atoms with van der Waals surface area (Å²) >= 11 is 3.18. The highest BCUT2D eigenvalue weighted by Gasteiger charge is 1.88. The van der Waals surface area contributed by atoms with Gasteiger partial charge in [-0.1, -0.05) is 15.9 Å². The van der Waals surface area contributed by atoms with E-state index >= 15 is 0 Å². The fourth-order valence-corrected chi connectivity index (χ4v) is 1.52. The van der Waals surface area contributed by atoms with E-state index in [2.05, 4.69) is 15.9 Å². The molecule has 0 saturated heterocycles. The van der Waals surface area contributed by atoms with Crippen molar-refractivity contribution in [1.82, 2.24) is 0 Å². The number of alkyl halides is 1. The summed E-state index contributed by atoms with van der Waals surface area (Å²) in [6.45, 7) is 0. The maximum absolute atomic E-state index is 10.1. The average Bonchev–Trinajstić information content (AvgIpc) is 1.61. The molecule has 0 heterocycles. The fraction of sp³-hybridized carbons (Fsp3) is 1.00. The number of halogens is 2. The summed E-state index contributed by atoms with van der Waals surface area (Å²) in [7, 11) is 3.98. The number of rotatable bonds is 3. The van der Waals surface area contributed by atoms with Crippen molar-refractivity contribution >= 4 is 36.6 Å². The average molecular weight is 206 g/mol. The SMILES string of the molecule is O=S(Cl)CCCBr. The highest BCUT2D eigenvalue weighted by molar-refractivity contribution is 9.09. The van der Waals surface area contributed by atoms with E-state index in [4.69, 9.17) is 10.7 Å². The summed E-state index contributed by atoms with van der Waals surface area (Å²) < 4.78 is 10.1. The molecule has 4 heteroatoms. The van der Waals surface area contributed by atoms with Crippen LogP contribution in [0.4, 0.5) is 0 Å². The number of hydrogen-bond acceptors (Lipinski definition) is 1. The van der Waals surface area contributed by atoms with Crippen LogP contribution in [-0.2, 0) is 10.0 Å². The Hall–Kier alpha value is 0.920. The minimum Gasteiger partial charge on any atom is -0.243 e. The lowest BCUT2D eigenvalue weighted by atomic mass is 10.6. The minimum atomic E-state index is -1.12. The zero-order chi connectivity index (χ0) is 5.70. The van der Waals surface area contributed by atoms with Gasteiger partial charge in [0, 0.05) is 11.1 Å². The Balaban J connectivity index is 2.82. The molecule has 0 saturated carbocycles. The van der Waals surface area contributed by atoms with Crippen molar-refractivity contribution in [2.45, 2.75) is 6.42 Å². The van der Waals surface area contributed by atoms with Gasteiger partial charge in [-0.25, -0.2) is 4.21 Å². The van der Waals surface area contributed by atoms with Gasteiger partial charge in [0.1, 0.15) is 10.0 Å². The molecule has 0 spiro atoms. The summed E-state index contributed by atoms with van der Waals surface area (Å²) in [4.78, 5) is 0. The fourth-order valence-electron chi connectivity index (χ4n) is 0.168. The molecule has 7 heavy (non-hydrogen) atoms. The maximum Gasteiger partial charge on any atom is 0.114 e. The largest absolute Gasteiger partial charge is 0.243 e. The van der Waals surface area contributed by atoms with Gasteiger partial charge in [0.2, 0.25) is 0 Å². The third-order valence-corrected chi connectivity index (χ3v) is 2.07. The van der Waals surface area contributed by atoms with Crippen molar-refractivity contribution in [1.29, 1.82) is 0 Å². The number of hydrogen-bond donors (Lipinski definition) is 0. The highest BCUT2D eigenvalue weighted by Crippen LogP contribution is 1.94. The molecule has 44 valence electrons. The van der Waals surface area contributed by atoms with Crippen molar-refractivity contribution in [3.05, 3.63) is 0 Å². The lowest BCUT2D eigenvalue weighted by molar-refractivity contribution is 0.690. The van der Waals surface area contributed by atoms with Gasteiger partial charge in [-0.2, -0.15) is 0 Å².